The Morgan fingerprint density at radius 2 is 1.63 bits per heavy atom. The first kappa shape index (κ1) is 23.7. The summed E-state index contributed by atoms with van der Waals surface area (Å²) < 4.78 is 6.16. The number of rotatable bonds is 6. The summed E-state index contributed by atoms with van der Waals surface area (Å²) >= 11 is 0. The number of fused-ring (bicyclic) bond motifs is 1. The van der Waals surface area contributed by atoms with Gasteiger partial charge in [-0.2, -0.15) is 0 Å². The van der Waals surface area contributed by atoms with Crippen molar-refractivity contribution < 1.29 is 19.1 Å². The Kier molecular flexibility index (Phi) is 6.74. The van der Waals surface area contributed by atoms with E-state index in [0.717, 1.165) is 17.7 Å². The summed E-state index contributed by atoms with van der Waals surface area (Å²) in [5.41, 5.74) is 3.80. The minimum atomic E-state index is -0.515. The van der Waals surface area contributed by atoms with Crippen LogP contribution in [-0.4, -0.2) is 45.4 Å². The number of amides is 1. The molecule has 0 N–H and O–H groups in total. The zero-order valence-electron chi connectivity index (χ0n) is 20.7. The van der Waals surface area contributed by atoms with Crippen LogP contribution >= 0.6 is 0 Å². The average Bonchev–Trinajstić information content (AvgIpc) is 3.18. The van der Waals surface area contributed by atoms with E-state index in [0.29, 0.717) is 49.4 Å². The van der Waals surface area contributed by atoms with E-state index < -0.39 is 6.04 Å². The van der Waals surface area contributed by atoms with Gasteiger partial charge in [-0.3, -0.25) is 19.3 Å². The maximum absolute atomic E-state index is 13.0. The van der Waals surface area contributed by atoms with E-state index in [2.05, 4.69) is 43.0 Å². The van der Waals surface area contributed by atoms with Crippen molar-refractivity contribution in [2.45, 2.75) is 90.2 Å². The second-order valence-corrected chi connectivity index (χ2v) is 10.4. The summed E-state index contributed by atoms with van der Waals surface area (Å²) in [6, 6.07) is 14.8. The third-order valence-corrected chi connectivity index (χ3v) is 7.93. The summed E-state index contributed by atoms with van der Waals surface area (Å²) in [7, 11) is 0. The SMILES string of the molecule is C[C@@H]1CCC[C@H](C)N1Cc1ccc(COc2cccc3c2CN(C2CCC(=O)CC2=O)C3=O)cc1. The Bertz CT molecular complexity index is 1120. The van der Waals surface area contributed by atoms with Gasteiger partial charge in [0, 0.05) is 36.2 Å². The van der Waals surface area contributed by atoms with Gasteiger partial charge < -0.3 is 9.64 Å². The van der Waals surface area contributed by atoms with Gasteiger partial charge in [0.15, 0.2) is 5.78 Å². The molecule has 1 aliphatic carbocycles. The summed E-state index contributed by atoms with van der Waals surface area (Å²) in [4.78, 5) is 41.3. The van der Waals surface area contributed by atoms with Crippen molar-refractivity contribution in [2.24, 2.45) is 0 Å². The lowest BCUT2D eigenvalue weighted by Gasteiger charge is -2.39. The molecule has 2 heterocycles. The van der Waals surface area contributed by atoms with Crippen LogP contribution in [0.25, 0.3) is 0 Å². The molecule has 35 heavy (non-hydrogen) atoms. The van der Waals surface area contributed by atoms with E-state index in [4.69, 9.17) is 4.74 Å². The van der Waals surface area contributed by atoms with Crippen LogP contribution in [0, 0.1) is 0 Å². The molecule has 2 aromatic rings. The average molecular weight is 475 g/mol. The third-order valence-electron chi connectivity index (χ3n) is 7.93. The fourth-order valence-corrected chi connectivity index (χ4v) is 5.80. The van der Waals surface area contributed by atoms with E-state index in [1.54, 1.807) is 11.0 Å². The van der Waals surface area contributed by atoms with Crippen LogP contribution in [0.2, 0.25) is 0 Å². The van der Waals surface area contributed by atoms with Crippen LogP contribution in [0.3, 0.4) is 0 Å². The second kappa shape index (κ2) is 9.94. The fourth-order valence-electron chi connectivity index (χ4n) is 5.80. The lowest BCUT2D eigenvalue weighted by atomic mass is 9.92. The second-order valence-electron chi connectivity index (χ2n) is 10.4. The van der Waals surface area contributed by atoms with E-state index in [9.17, 15) is 14.4 Å². The van der Waals surface area contributed by atoms with Crippen molar-refractivity contribution in [1.82, 2.24) is 9.80 Å². The number of Topliss-reactive ketones (excluding diaryl/α,β-unsaturated/α-hetero) is 2. The largest absolute Gasteiger partial charge is 0.489 e. The molecule has 0 aromatic heterocycles. The molecule has 6 nitrogen and oxygen atoms in total. The van der Waals surface area contributed by atoms with Crippen LogP contribution in [-0.2, 0) is 29.3 Å². The molecule has 2 fully saturated rings. The fraction of sp³-hybridized carbons (Fsp3) is 0.483. The normalized spacial score (nSPS) is 25.1. The molecule has 1 amide bonds. The van der Waals surface area contributed by atoms with Crippen molar-refractivity contribution in [3.63, 3.8) is 0 Å². The molecule has 3 aliphatic rings. The van der Waals surface area contributed by atoms with Gasteiger partial charge in [0.2, 0.25) is 0 Å². The first-order valence-corrected chi connectivity index (χ1v) is 12.8. The molecule has 1 saturated carbocycles. The molecule has 0 spiro atoms. The lowest BCUT2D eigenvalue weighted by Crippen LogP contribution is -2.44. The highest BCUT2D eigenvalue weighted by atomic mass is 16.5. The smallest absolute Gasteiger partial charge is 0.255 e. The van der Waals surface area contributed by atoms with Crippen LogP contribution in [0.15, 0.2) is 42.5 Å². The van der Waals surface area contributed by atoms with Gasteiger partial charge in [0.1, 0.15) is 18.1 Å². The number of carbonyl (C=O) groups excluding carboxylic acids is 3. The summed E-state index contributed by atoms with van der Waals surface area (Å²) in [6.07, 6.45) is 4.55. The summed E-state index contributed by atoms with van der Waals surface area (Å²) in [5.74, 6) is 0.338. The zero-order chi connectivity index (χ0) is 24.5. The van der Waals surface area contributed by atoms with Crippen molar-refractivity contribution >= 4 is 17.5 Å². The number of hydrogen-bond donors (Lipinski definition) is 0. The highest BCUT2D eigenvalue weighted by Crippen LogP contribution is 2.34. The molecule has 0 radical (unpaired) electrons. The van der Waals surface area contributed by atoms with Gasteiger partial charge in [-0.25, -0.2) is 0 Å². The molecular weight excluding hydrogens is 440 g/mol. The van der Waals surface area contributed by atoms with Crippen molar-refractivity contribution in [3.8, 4) is 5.75 Å². The molecule has 184 valence electrons. The number of likely N-dealkylation sites (tertiary alicyclic amines) is 1. The zero-order valence-corrected chi connectivity index (χ0v) is 20.7. The molecule has 5 rings (SSSR count). The topological polar surface area (TPSA) is 66.9 Å². The number of carbonyl (C=O) groups is 3. The molecule has 3 atom stereocenters. The predicted octanol–water partition coefficient (Wildman–Crippen LogP) is 4.68. The number of piperidine rings is 1. The van der Waals surface area contributed by atoms with Gasteiger partial charge >= 0.3 is 0 Å². The van der Waals surface area contributed by atoms with Gasteiger partial charge in [-0.05, 0) is 56.4 Å². The summed E-state index contributed by atoms with van der Waals surface area (Å²) in [6.45, 7) is 6.38. The predicted molar refractivity (Wildman–Crippen MR) is 133 cm³/mol. The Labute approximate surface area is 207 Å². The highest BCUT2D eigenvalue weighted by molar-refractivity contribution is 6.07. The minimum Gasteiger partial charge on any atom is -0.489 e. The van der Waals surface area contributed by atoms with Gasteiger partial charge in [-0.1, -0.05) is 36.8 Å². The van der Waals surface area contributed by atoms with Gasteiger partial charge in [0.25, 0.3) is 5.91 Å². The molecule has 0 bridgehead atoms. The molecule has 1 saturated heterocycles. The Balaban J connectivity index is 1.23. The van der Waals surface area contributed by atoms with Crippen molar-refractivity contribution in [3.05, 3.63) is 64.7 Å². The van der Waals surface area contributed by atoms with E-state index in [1.807, 2.05) is 12.1 Å². The van der Waals surface area contributed by atoms with E-state index in [-0.39, 0.29) is 23.9 Å². The summed E-state index contributed by atoms with van der Waals surface area (Å²) in [5, 5.41) is 0. The van der Waals surface area contributed by atoms with Crippen LogP contribution in [0.5, 0.6) is 5.75 Å². The molecule has 2 aliphatic heterocycles. The molecule has 2 aromatic carbocycles. The maximum Gasteiger partial charge on any atom is 0.255 e. The Morgan fingerprint density at radius 3 is 2.34 bits per heavy atom. The first-order valence-electron chi connectivity index (χ1n) is 12.8. The third kappa shape index (κ3) is 4.90. The lowest BCUT2D eigenvalue weighted by molar-refractivity contribution is -0.133. The van der Waals surface area contributed by atoms with Crippen molar-refractivity contribution in [2.75, 3.05) is 0 Å². The maximum atomic E-state index is 13.0. The number of ketones is 2. The van der Waals surface area contributed by atoms with Gasteiger partial charge in [0.05, 0.1) is 19.0 Å². The Hall–Kier alpha value is -2.99. The van der Waals surface area contributed by atoms with E-state index >= 15 is 0 Å². The number of nitrogens with zero attached hydrogens (tertiary/aromatic N) is 2. The quantitative estimate of drug-likeness (QED) is 0.569. The minimum absolute atomic E-state index is 0.0367. The van der Waals surface area contributed by atoms with Crippen LogP contribution < -0.4 is 4.74 Å². The van der Waals surface area contributed by atoms with E-state index in [1.165, 1.54) is 24.8 Å². The number of hydrogen-bond acceptors (Lipinski definition) is 5. The van der Waals surface area contributed by atoms with Gasteiger partial charge in [-0.15, -0.1) is 0 Å². The molecule has 6 heteroatoms. The highest BCUT2D eigenvalue weighted by Gasteiger charge is 2.40. The standard InChI is InChI=1S/C29H34N2O4/c1-19-5-3-6-20(2)30(19)16-21-9-11-22(12-10-21)18-35-28-8-4-7-24-25(28)17-31(29(24)34)26-14-13-23(32)15-27(26)33/h4,7-12,19-20,26H,3,5-6,13-18H2,1-2H3/t19-,20+,26?. The number of ether oxygens (including phenoxy) is 1. The van der Waals surface area contributed by atoms with Crippen molar-refractivity contribution in [1.29, 1.82) is 0 Å². The number of benzene rings is 2. The monoisotopic (exact) mass is 474 g/mol. The van der Waals surface area contributed by atoms with Crippen LogP contribution in [0.4, 0.5) is 0 Å². The first-order chi connectivity index (χ1) is 16.9. The molecule has 1 unspecified atom stereocenters. The molecular formula is C29H34N2O4. The van der Waals surface area contributed by atoms with Crippen LogP contribution in [0.1, 0.15) is 79.4 Å². The Morgan fingerprint density at radius 1 is 0.914 bits per heavy atom.